The van der Waals surface area contributed by atoms with Gasteiger partial charge in [-0.3, -0.25) is 0 Å². The molecule has 1 aromatic rings. The summed E-state index contributed by atoms with van der Waals surface area (Å²) in [5.74, 6) is 0. The van der Waals surface area contributed by atoms with Gasteiger partial charge in [0.2, 0.25) is 0 Å². The molecular formula is C16H22N2. The molecule has 0 aliphatic heterocycles. The largest absolute Gasteiger partial charge is 0.322 e. The van der Waals surface area contributed by atoms with Crippen LogP contribution in [0.25, 0.3) is 5.57 Å². The third-order valence-electron chi connectivity index (χ3n) is 3.48. The number of benzene rings is 1. The molecule has 0 radical (unpaired) electrons. The summed E-state index contributed by atoms with van der Waals surface area (Å²) in [7, 11) is 0. The molecule has 0 saturated carbocycles. The zero-order chi connectivity index (χ0) is 13.5. The van der Waals surface area contributed by atoms with Crippen LogP contribution in [0.4, 0.5) is 0 Å². The van der Waals surface area contributed by atoms with Crippen molar-refractivity contribution in [1.82, 2.24) is 0 Å². The molecule has 2 rings (SSSR count). The average Bonchev–Trinajstić information content (AvgIpc) is 2.21. The lowest BCUT2D eigenvalue weighted by Gasteiger charge is -2.34. The van der Waals surface area contributed by atoms with Crippen molar-refractivity contribution in [2.75, 3.05) is 0 Å². The molecule has 0 spiro atoms. The van der Waals surface area contributed by atoms with E-state index in [9.17, 15) is 0 Å². The van der Waals surface area contributed by atoms with Gasteiger partial charge in [0, 0.05) is 0 Å². The first kappa shape index (κ1) is 13.1. The van der Waals surface area contributed by atoms with E-state index in [0.717, 1.165) is 5.57 Å². The monoisotopic (exact) mass is 242 g/mol. The second-order valence-corrected chi connectivity index (χ2v) is 5.71. The molecule has 0 bridgehead atoms. The molecule has 2 unspecified atom stereocenters. The van der Waals surface area contributed by atoms with Crippen LogP contribution in [-0.2, 0) is 0 Å². The molecular weight excluding hydrogens is 220 g/mol. The van der Waals surface area contributed by atoms with Crippen molar-refractivity contribution < 1.29 is 0 Å². The number of allylic oxidation sites excluding steroid dienone is 2. The number of rotatable bonds is 1. The van der Waals surface area contributed by atoms with Gasteiger partial charge in [0.05, 0.1) is 11.6 Å². The van der Waals surface area contributed by atoms with E-state index in [1.165, 1.54) is 22.3 Å². The van der Waals surface area contributed by atoms with E-state index in [1.807, 2.05) is 13.0 Å². The van der Waals surface area contributed by atoms with Crippen molar-refractivity contribution in [1.29, 1.82) is 0 Å². The van der Waals surface area contributed by atoms with Gasteiger partial charge in [-0.25, -0.2) is 0 Å². The van der Waals surface area contributed by atoms with Crippen molar-refractivity contribution in [3.05, 3.63) is 52.6 Å². The van der Waals surface area contributed by atoms with Gasteiger partial charge in [-0.2, -0.15) is 0 Å². The second kappa shape index (κ2) is 4.38. The highest BCUT2D eigenvalue weighted by molar-refractivity contribution is 5.76. The summed E-state index contributed by atoms with van der Waals surface area (Å²) >= 11 is 0. The molecule has 4 N–H and O–H groups in total. The molecule has 1 aliphatic carbocycles. The first-order valence-corrected chi connectivity index (χ1v) is 6.34. The summed E-state index contributed by atoms with van der Waals surface area (Å²) in [6, 6.07) is 6.35. The number of nitrogens with two attached hydrogens (primary N) is 2. The van der Waals surface area contributed by atoms with E-state index in [4.69, 9.17) is 11.5 Å². The summed E-state index contributed by atoms with van der Waals surface area (Å²) in [6.07, 6.45) is 4.19. The predicted octanol–water partition coefficient (Wildman–Crippen LogP) is 2.69. The van der Waals surface area contributed by atoms with E-state index in [1.54, 1.807) is 0 Å². The fourth-order valence-electron chi connectivity index (χ4n) is 2.70. The summed E-state index contributed by atoms with van der Waals surface area (Å²) < 4.78 is 0. The zero-order valence-electron chi connectivity index (χ0n) is 11.6. The van der Waals surface area contributed by atoms with Crippen LogP contribution in [-0.4, -0.2) is 11.6 Å². The minimum atomic E-state index is -0.480. The fraction of sp³-hybridized carbons (Fsp3) is 0.375. The molecule has 2 heteroatoms. The zero-order valence-corrected chi connectivity index (χ0v) is 11.6. The Morgan fingerprint density at radius 3 is 2.17 bits per heavy atom. The minimum absolute atomic E-state index is 0.164. The van der Waals surface area contributed by atoms with Crippen LogP contribution < -0.4 is 11.5 Å². The van der Waals surface area contributed by atoms with Gasteiger partial charge in [0.25, 0.3) is 0 Å². The van der Waals surface area contributed by atoms with Crippen molar-refractivity contribution in [2.24, 2.45) is 11.5 Å². The molecule has 0 fully saturated rings. The lowest BCUT2D eigenvalue weighted by molar-refractivity contribution is 0.522. The van der Waals surface area contributed by atoms with Gasteiger partial charge in [-0.1, -0.05) is 47.1 Å². The molecule has 1 aliphatic rings. The van der Waals surface area contributed by atoms with Gasteiger partial charge < -0.3 is 11.5 Å². The van der Waals surface area contributed by atoms with Crippen LogP contribution in [0.2, 0.25) is 0 Å². The van der Waals surface area contributed by atoms with E-state index in [0.29, 0.717) is 0 Å². The van der Waals surface area contributed by atoms with Crippen LogP contribution in [0, 0.1) is 13.8 Å². The van der Waals surface area contributed by atoms with Gasteiger partial charge in [0.1, 0.15) is 0 Å². The summed E-state index contributed by atoms with van der Waals surface area (Å²) in [4.78, 5) is 0. The Balaban J connectivity index is 2.53. The Kier molecular flexibility index (Phi) is 3.18. The van der Waals surface area contributed by atoms with E-state index in [2.05, 4.69) is 45.0 Å². The predicted molar refractivity (Wildman–Crippen MR) is 78.2 cm³/mol. The van der Waals surface area contributed by atoms with Crippen molar-refractivity contribution >= 4 is 5.57 Å². The Morgan fingerprint density at radius 2 is 1.61 bits per heavy atom. The maximum absolute atomic E-state index is 6.31. The molecule has 2 nitrogen and oxygen atoms in total. The summed E-state index contributed by atoms with van der Waals surface area (Å²) in [5, 5.41) is 0. The Morgan fingerprint density at radius 1 is 1.06 bits per heavy atom. The van der Waals surface area contributed by atoms with Gasteiger partial charge >= 0.3 is 0 Å². The first-order valence-electron chi connectivity index (χ1n) is 6.34. The quantitative estimate of drug-likeness (QED) is 0.795. The maximum atomic E-state index is 6.31. The van der Waals surface area contributed by atoms with Crippen LogP contribution >= 0.6 is 0 Å². The summed E-state index contributed by atoms with van der Waals surface area (Å²) in [6.45, 7) is 8.27. The lowest BCUT2D eigenvalue weighted by atomic mass is 9.79. The molecule has 0 saturated heterocycles. The maximum Gasteiger partial charge on any atom is 0.0517 e. The van der Waals surface area contributed by atoms with E-state index in [-0.39, 0.29) is 6.04 Å². The van der Waals surface area contributed by atoms with Gasteiger partial charge in [-0.05, 0) is 38.8 Å². The highest BCUT2D eigenvalue weighted by Crippen LogP contribution is 2.31. The fourth-order valence-corrected chi connectivity index (χ4v) is 2.70. The van der Waals surface area contributed by atoms with Crippen molar-refractivity contribution in [3.8, 4) is 0 Å². The first-order chi connectivity index (χ1) is 8.29. The van der Waals surface area contributed by atoms with Gasteiger partial charge in [-0.15, -0.1) is 0 Å². The normalized spacial score (nSPS) is 27.8. The molecule has 0 amide bonds. The molecule has 18 heavy (non-hydrogen) atoms. The summed E-state index contributed by atoms with van der Waals surface area (Å²) in [5.41, 5.74) is 18.1. The standard InChI is InChI=1S/C16H22N2/c1-10-5-11(2)7-13(6-10)14-8-12(3)9-16(4,18)15(14)17/h5-9,15H,17-18H2,1-4H3. The Hall–Kier alpha value is -1.38. The third-order valence-corrected chi connectivity index (χ3v) is 3.48. The molecule has 1 aromatic carbocycles. The van der Waals surface area contributed by atoms with Gasteiger partial charge in [0.15, 0.2) is 0 Å². The van der Waals surface area contributed by atoms with Crippen LogP contribution in [0.1, 0.15) is 30.5 Å². The smallest absolute Gasteiger partial charge is 0.0517 e. The number of hydrogen-bond donors (Lipinski definition) is 2. The topological polar surface area (TPSA) is 52.0 Å². The number of aryl methyl sites for hydroxylation is 2. The van der Waals surface area contributed by atoms with Crippen LogP contribution in [0.3, 0.4) is 0 Å². The van der Waals surface area contributed by atoms with Crippen LogP contribution in [0.15, 0.2) is 35.9 Å². The molecule has 0 aromatic heterocycles. The number of hydrogen-bond acceptors (Lipinski definition) is 2. The average molecular weight is 242 g/mol. The highest BCUT2D eigenvalue weighted by Gasteiger charge is 2.31. The second-order valence-electron chi connectivity index (χ2n) is 5.71. The van der Waals surface area contributed by atoms with E-state index >= 15 is 0 Å². The SMILES string of the molecule is CC1=CC(C)(N)C(N)C(c2cc(C)cc(C)c2)=C1. The van der Waals surface area contributed by atoms with Crippen molar-refractivity contribution in [2.45, 2.75) is 39.3 Å². The van der Waals surface area contributed by atoms with Crippen LogP contribution in [0.5, 0.6) is 0 Å². The Bertz CT molecular complexity index is 516. The molecule has 2 atom stereocenters. The molecule has 0 heterocycles. The lowest BCUT2D eigenvalue weighted by Crippen LogP contribution is -2.53. The highest BCUT2D eigenvalue weighted by atomic mass is 14.8. The minimum Gasteiger partial charge on any atom is -0.322 e. The third kappa shape index (κ3) is 2.40. The molecule has 96 valence electrons. The Labute approximate surface area is 109 Å². The van der Waals surface area contributed by atoms with E-state index < -0.39 is 5.54 Å². The van der Waals surface area contributed by atoms with Crippen molar-refractivity contribution in [3.63, 3.8) is 0 Å².